The number of aromatic nitrogens is 2. The van der Waals surface area contributed by atoms with Crippen molar-refractivity contribution in [3.8, 4) is 0 Å². The Morgan fingerprint density at radius 3 is 1.36 bits per heavy atom. The summed E-state index contributed by atoms with van der Waals surface area (Å²) in [6.07, 6.45) is 3.30. The van der Waals surface area contributed by atoms with Gasteiger partial charge in [-0.25, -0.2) is 9.97 Å². The number of rotatable bonds is 6. The van der Waals surface area contributed by atoms with Gasteiger partial charge in [-0.05, 0) is 36.4 Å². The highest BCUT2D eigenvalue weighted by atomic mass is 15.3. The molecule has 6 nitrogen and oxygen atoms in total. The van der Waals surface area contributed by atoms with E-state index in [-0.39, 0.29) is 0 Å². The molecular weight excluding hydrogens is 348 g/mol. The Morgan fingerprint density at radius 1 is 0.536 bits per heavy atom. The lowest BCUT2D eigenvalue weighted by molar-refractivity contribution is 1.23. The lowest BCUT2D eigenvalue weighted by Gasteiger charge is -2.04. The summed E-state index contributed by atoms with van der Waals surface area (Å²) in [6, 6.07) is 27.2. The molecule has 6 heteroatoms. The topological polar surface area (TPSA) is 74.6 Å². The van der Waals surface area contributed by atoms with Crippen LogP contribution in [0.4, 0.5) is 11.4 Å². The molecule has 1 heterocycles. The zero-order valence-electron chi connectivity index (χ0n) is 15.0. The first-order chi connectivity index (χ1) is 13.9. The molecule has 0 saturated heterocycles. The molecule has 28 heavy (non-hydrogen) atoms. The maximum absolute atomic E-state index is 4.66. The number of fused-ring (bicyclic) bond motifs is 1. The van der Waals surface area contributed by atoms with E-state index < -0.39 is 0 Å². The van der Waals surface area contributed by atoms with Gasteiger partial charge in [0.2, 0.25) is 0 Å². The van der Waals surface area contributed by atoms with Crippen molar-refractivity contribution < 1.29 is 0 Å². The molecule has 1 aromatic heterocycles. The van der Waals surface area contributed by atoms with Crippen LogP contribution in [0.5, 0.6) is 0 Å². The summed E-state index contributed by atoms with van der Waals surface area (Å²) in [4.78, 5) is 9.32. The molecule has 0 saturated carbocycles. The number of para-hydroxylation sites is 4. The summed E-state index contributed by atoms with van der Waals surface area (Å²) in [5.74, 6) is 0. The van der Waals surface area contributed by atoms with Crippen LogP contribution in [0.3, 0.4) is 0 Å². The zero-order valence-corrected chi connectivity index (χ0v) is 15.0. The number of hydrazone groups is 2. The first-order valence-electron chi connectivity index (χ1n) is 8.83. The van der Waals surface area contributed by atoms with Gasteiger partial charge in [-0.1, -0.05) is 48.5 Å². The third kappa shape index (κ3) is 4.37. The van der Waals surface area contributed by atoms with Crippen LogP contribution in [-0.4, -0.2) is 22.4 Å². The van der Waals surface area contributed by atoms with Crippen molar-refractivity contribution in [1.29, 1.82) is 0 Å². The number of nitrogens with zero attached hydrogens (tertiary/aromatic N) is 4. The average molecular weight is 366 g/mol. The summed E-state index contributed by atoms with van der Waals surface area (Å²) < 4.78 is 0. The third-order valence-electron chi connectivity index (χ3n) is 3.93. The fourth-order valence-electron chi connectivity index (χ4n) is 2.58. The molecule has 0 aliphatic heterocycles. The molecule has 4 rings (SSSR count). The van der Waals surface area contributed by atoms with Gasteiger partial charge in [0.05, 0.1) is 34.8 Å². The Morgan fingerprint density at radius 2 is 0.929 bits per heavy atom. The highest BCUT2D eigenvalue weighted by molar-refractivity contribution is 5.94. The molecule has 0 fully saturated rings. The number of hydrogen-bond acceptors (Lipinski definition) is 6. The van der Waals surface area contributed by atoms with Crippen molar-refractivity contribution in [1.82, 2.24) is 9.97 Å². The average Bonchev–Trinajstić information content (AvgIpc) is 2.75. The second-order valence-electron chi connectivity index (χ2n) is 5.95. The molecule has 0 radical (unpaired) electrons. The molecule has 2 N–H and O–H groups in total. The zero-order chi connectivity index (χ0) is 19.0. The Bertz CT molecular complexity index is 1020. The van der Waals surface area contributed by atoms with Gasteiger partial charge in [-0.3, -0.25) is 10.9 Å². The van der Waals surface area contributed by atoms with E-state index in [0.717, 1.165) is 22.4 Å². The number of nitrogens with one attached hydrogen (secondary N) is 2. The Balaban J connectivity index is 1.60. The van der Waals surface area contributed by atoms with Gasteiger partial charge < -0.3 is 0 Å². The van der Waals surface area contributed by atoms with Crippen molar-refractivity contribution in [3.63, 3.8) is 0 Å². The van der Waals surface area contributed by atoms with Gasteiger partial charge in [0, 0.05) is 0 Å². The quantitative estimate of drug-likeness (QED) is 0.389. The van der Waals surface area contributed by atoms with Crippen LogP contribution < -0.4 is 10.9 Å². The Hall–Kier alpha value is -4.06. The minimum absolute atomic E-state index is 0.626. The molecule has 136 valence electrons. The summed E-state index contributed by atoms with van der Waals surface area (Å²) >= 11 is 0. The van der Waals surface area contributed by atoms with E-state index in [1.165, 1.54) is 0 Å². The van der Waals surface area contributed by atoms with E-state index in [9.17, 15) is 0 Å². The van der Waals surface area contributed by atoms with Crippen LogP contribution in [0.25, 0.3) is 11.0 Å². The fourth-order valence-corrected chi connectivity index (χ4v) is 2.58. The van der Waals surface area contributed by atoms with Crippen molar-refractivity contribution >= 4 is 34.8 Å². The van der Waals surface area contributed by atoms with Gasteiger partial charge in [0.15, 0.2) is 0 Å². The molecule has 0 unspecified atom stereocenters. The van der Waals surface area contributed by atoms with E-state index in [2.05, 4.69) is 31.0 Å². The number of hydrogen-bond donors (Lipinski definition) is 2. The molecule has 0 bridgehead atoms. The second kappa shape index (κ2) is 8.55. The van der Waals surface area contributed by atoms with Crippen molar-refractivity contribution in [2.75, 3.05) is 10.9 Å². The van der Waals surface area contributed by atoms with Crippen LogP contribution in [-0.2, 0) is 0 Å². The molecule has 4 aromatic rings. The number of anilines is 2. The third-order valence-corrected chi connectivity index (χ3v) is 3.93. The van der Waals surface area contributed by atoms with Gasteiger partial charge in [-0.15, -0.1) is 0 Å². The maximum atomic E-state index is 4.66. The van der Waals surface area contributed by atoms with Crippen LogP contribution >= 0.6 is 0 Å². The molecule has 0 atom stereocenters. The lowest BCUT2D eigenvalue weighted by Crippen LogP contribution is -2.03. The molecule has 0 spiro atoms. The largest absolute Gasteiger partial charge is 0.278 e. The summed E-state index contributed by atoms with van der Waals surface area (Å²) in [5, 5.41) is 8.57. The summed E-state index contributed by atoms with van der Waals surface area (Å²) in [6.45, 7) is 0. The lowest BCUT2D eigenvalue weighted by atomic mass is 10.2. The Kier molecular flexibility index (Phi) is 5.30. The highest BCUT2D eigenvalue weighted by Gasteiger charge is 2.05. The van der Waals surface area contributed by atoms with Gasteiger partial charge >= 0.3 is 0 Å². The normalized spacial score (nSPS) is 11.3. The van der Waals surface area contributed by atoms with Crippen molar-refractivity contribution in [2.24, 2.45) is 10.2 Å². The Labute approximate surface area is 162 Å². The van der Waals surface area contributed by atoms with Gasteiger partial charge in [0.25, 0.3) is 0 Å². The van der Waals surface area contributed by atoms with Crippen LogP contribution in [0, 0.1) is 0 Å². The van der Waals surface area contributed by atoms with Crippen molar-refractivity contribution in [3.05, 3.63) is 96.3 Å². The standard InChI is InChI=1S/C22H18N6/c1-3-9-17(10-4-1)27-23-15-21-22(16-24-28-18-11-5-2-6-12-18)26-20-14-8-7-13-19(20)25-21/h1-16,27-28H/b23-15+,24-16+. The first-order valence-corrected chi connectivity index (χ1v) is 8.83. The van der Waals surface area contributed by atoms with Crippen molar-refractivity contribution in [2.45, 2.75) is 0 Å². The van der Waals surface area contributed by atoms with E-state index in [1.807, 2.05) is 84.9 Å². The number of benzene rings is 3. The monoisotopic (exact) mass is 366 g/mol. The SMILES string of the molecule is C(=N\Nc1ccccc1)/c1nc2ccccc2nc1/C=N/Nc1ccccc1. The van der Waals surface area contributed by atoms with E-state index in [1.54, 1.807) is 12.4 Å². The van der Waals surface area contributed by atoms with E-state index in [0.29, 0.717) is 11.4 Å². The van der Waals surface area contributed by atoms with Gasteiger partial charge in [0.1, 0.15) is 11.4 Å². The summed E-state index contributed by atoms with van der Waals surface area (Å²) in [7, 11) is 0. The van der Waals surface area contributed by atoms with Gasteiger partial charge in [-0.2, -0.15) is 10.2 Å². The van der Waals surface area contributed by atoms with Crippen LogP contribution in [0.2, 0.25) is 0 Å². The molecular formula is C22H18N6. The molecule has 3 aromatic carbocycles. The summed E-state index contributed by atoms with van der Waals surface area (Å²) in [5.41, 5.74) is 10.6. The second-order valence-corrected chi connectivity index (χ2v) is 5.95. The van der Waals surface area contributed by atoms with Crippen LogP contribution in [0.1, 0.15) is 11.4 Å². The highest BCUT2D eigenvalue weighted by Crippen LogP contribution is 2.12. The van der Waals surface area contributed by atoms with E-state index in [4.69, 9.17) is 0 Å². The minimum atomic E-state index is 0.626. The van der Waals surface area contributed by atoms with Crippen LogP contribution in [0.15, 0.2) is 95.1 Å². The molecule has 0 amide bonds. The maximum Gasteiger partial charge on any atom is 0.111 e. The predicted molar refractivity (Wildman–Crippen MR) is 115 cm³/mol. The smallest absolute Gasteiger partial charge is 0.111 e. The molecule has 0 aliphatic carbocycles. The molecule has 0 aliphatic rings. The minimum Gasteiger partial charge on any atom is -0.278 e. The fraction of sp³-hybridized carbons (Fsp3) is 0. The first kappa shape index (κ1) is 17.4. The van der Waals surface area contributed by atoms with E-state index >= 15 is 0 Å². The predicted octanol–water partition coefficient (Wildman–Crippen LogP) is 4.52.